The zero-order valence-electron chi connectivity index (χ0n) is 13.9. The quantitative estimate of drug-likeness (QED) is 0.778. The fraction of sp³-hybridized carbons (Fsp3) is 0.500. The standard InChI is InChI=1S/C16H23ClN2O4/c1-15(2,3)23-14(22)19-11-7-6-9(17)8-10(11)16(4,5)12(18)13(20)21/h6-8,12H,18H2,1-5H3,(H,19,22)(H,20,21). The SMILES string of the molecule is CC(C)(C)OC(=O)Nc1ccc(Cl)cc1C(C)(C)C(N)C(=O)O. The summed E-state index contributed by atoms with van der Waals surface area (Å²) in [5.74, 6) is -1.14. The van der Waals surface area contributed by atoms with Gasteiger partial charge in [-0.2, -0.15) is 0 Å². The number of carboxylic acid groups (broad SMARTS) is 1. The maximum atomic E-state index is 12.0. The van der Waals surface area contributed by atoms with Crippen LogP contribution in [0.25, 0.3) is 0 Å². The summed E-state index contributed by atoms with van der Waals surface area (Å²) in [5.41, 5.74) is 5.11. The van der Waals surface area contributed by atoms with Gasteiger partial charge in [-0.25, -0.2) is 4.79 Å². The highest BCUT2D eigenvalue weighted by atomic mass is 35.5. The smallest absolute Gasteiger partial charge is 0.412 e. The van der Waals surface area contributed by atoms with E-state index in [1.54, 1.807) is 52.8 Å². The molecule has 1 atom stereocenters. The summed E-state index contributed by atoms with van der Waals surface area (Å²) in [7, 11) is 0. The number of benzene rings is 1. The van der Waals surface area contributed by atoms with Gasteiger partial charge >= 0.3 is 12.1 Å². The molecule has 128 valence electrons. The van der Waals surface area contributed by atoms with Crippen molar-refractivity contribution in [1.29, 1.82) is 0 Å². The van der Waals surface area contributed by atoms with Gasteiger partial charge in [0.2, 0.25) is 0 Å². The van der Waals surface area contributed by atoms with E-state index in [1.165, 1.54) is 0 Å². The zero-order chi connectivity index (χ0) is 18.0. The number of carbonyl (C=O) groups is 2. The average molecular weight is 343 g/mol. The summed E-state index contributed by atoms with van der Waals surface area (Å²) in [6, 6.07) is 3.62. The van der Waals surface area contributed by atoms with E-state index >= 15 is 0 Å². The van der Waals surface area contributed by atoms with E-state index in [0.29, 0.717) is 16.3 Å². The minimum atomic E-state index is -1.17. The molecule has 4 N–H and O–H groups in total. The van der Waals surface area contributed by atoms with Gasteiger partial charge in [0.15, 0.2) is 0 Å². The average Bonchev–Trinajstić information content (AvgIpc) is 2.37. The van der Waals surface area contributed by atoms with Gasteiger partial charge in [-0.1, -0.05) is 25.4 Å². The van der Waals surface area contributed by atoms with E-state index in [-0.39, 0.29) is 0 Å². The summed E-state index contributed by atoms with van der Waals surface area (Å²) in [5, 5.41) is 12.2. The number of hydrogen-bond donors (Lipinski definition) is 3. The first-order chi connectivity index (χ1) is 10.3. The highest BCUT2D eigenvalue weighted by molar-refractivity contribution is 6.30. The molecule has 0 aliphatic carbocycles. The molecule has 7 heteroatoms. The van der Waals surface area contributed by atoms with Crippen LogP contribution in [-0.2, 0) is 14.9 Å². The Kier molecular flexibility index (Phi) is 5.66. The monoisotopic (exact) mass is 342 g/mol. The van der Waals surface area contributed by atoms with Crippen LogP contribution in [0.5, 0.6) is 0 Å². The van der Waals surface area contributed by atoms with Crippen molar-refractivity contribution in [1.82, 2.24) is 0 Å². The number of aliphatic carboxylic acids is 1. The van der Waals surface area contributed by atoms with Crippen LogP contribution in [0, 0.1) is 0 Å². The van der Waals surface area contributed by atoms with E-state index in [1.807, 2.05) is 0 Å². The van der Waals surface area contributed by atoms with Gasteiger partial charge < -0.3 is 15.6 Å². The van der Waals surface area contributed by atoms with Crippen molar-refractivity contribution in [3.63, 3.8) is 0 Å². The zero-order valence-corrected chi connectivity index (χ0v) is 14.7. The number of anilines is 1. The lowest BCUT2D eigenvalue weighted by Gasteiger charge is -2.31. The van der Waals surface area contributed by atoms with E-state index in [0.717, 1.165) is 0 Å². The molecule has 0 heterocycles. The molecule has 23 heavy (non-hydrogen) atoms. The number of amides is 1. The maximum Gasteiger partial charge on any atom is 0.412 e. The summed E-state index contributed by atoms with van der Waals surface area (Å²) in [6.07, 6.45) is -0.638. The normalized spacial score (nSPS) is 13.3. The van der Waals surface area contributed by atoms with Crippen LogP contribution in [0.4, 0.5) is 10.5 Å². The van der Waals surface area contributed by atoms with Crippen molar-refractivity contribution in [2.24, 2.45) is 5.73 Å². The predicted octanol–water partition coefficient (Wildman–Crippen LogP) is 3.38. The van der Waals surface area contributed by atoms with Gasteiger partial charge in [0.1, 0.15) is 11.6 Å². The van der Waals surface area contributed by atoms with Crippen LogP contribution >= 0.6 is 11.6 Å². The number of nitrogens with one attached hydrogen (secondary N) is 1. The summed E-state index contributed by atoms with van der Waals surface area (Å²) >= 11 is 6.02. The van der Waals surface area contributed by atoms with E-state index in [2.05, 4.69) is 5.32 Å². The van der Waals surface area contributed by atoms with E-state index < -0.39 is 29.1 Å². The van der Waals surface area contributed by atoms with E-state index in [4.69, 9.17) is 22.1 Å². The first-order valence-corrected chi connectivity index (χ1v) is 7.51. The van der Waals surface area contributed by atoms with Gasteiger partial charge in [0.05, 0.1) is 0 Å². The Hall–Kier alpha value is -1.79. The van der Waals surface area contributed by atoms with Gasteiger partial charge in [0.25, 0.3) is 0 Å². The Morgan fingerprint density at radius 1 is 1.26 bits per heavy atom. The van der Waals surface area contributed by atoms with Crippen LogP contribution < -0.4 is 11.1 Å². The highest BCUT2D eigenvalue weighted by Gasteiger charge is 2.36. The third kappa shape index (κ3) is 5.11. The molecule has 0 fully saturated rings. The van der Waals surface area contributed by atoms with Gasteiger partial charge in [-0.15, -0.1) is 0 Å². The Labute approximate surface area is 141 Å². The Bertz CT molecular complexity index is 609. The molecule has 0 saturated carbocycles. The third-order valence-corrected chi connectivity index (χ3v) is 3.59. The Morgan fingerprint density at radius 2 is 1.83 bits per heavy atom. The number of halogens is 1. The molecule has 0 aromatic heterocycles. The van der Waals surface area contributed by atoms with Crippen LogP contribution in [0.15, 0.2) is 18.2 Å². The summed E-state index contributed by atoms with van der Waals surface area (Å²) in [4.78, 5) is 23.2. The van der Waals surface area contributed by atoms with E-state index in [9.17, 15) is 14.7 Å². The fourth-order valence-electron chi connectivity index (χ4n) is 2.05. The molecular formula is C16H23ClN2O4. The molecule has 0 aliphatic heterocycles. The largest absolute Gasteiger partial charge is 0.480 e. The molecule has 1 rings (SSSR count). The molecule has 0 saturated heterocycles. The van der Waals surface area contributed by atoms with Crippen LogP contribution in [0.1, 0.15) is 40.2 Å². The topological polar surface area (TPSA) is 102 Å². The van der Waals surface area contributed by atoms with Crippen molar-refractivity contribution in [3.8, 4) is 0 Å². The lowest BCUT2D eigenvalue weighted by atomic mass is 9.77. The minimum absolute atomic E-state index is 0.408. The van der Waals surface area contributed by atoms with Crippen molar-refractivity contribution in [3.05, 3.63) is 28.8 Å². The summed E-state index contributed by atoms with van der Waals surface area (Å²) in [6.45, 7) is 8.61. The van der Waals surface area contributed by atoms with Gasteiger partial charge in [-0.05, 0) is 44.5 Å². The van der Waals surface area contributed by atoms with Crippen molar-refractivity contribution < 1.29 is 19.4 Å². The second-order valence-corrected chi connectivity index (χ2v) is 7.29. The van der Waals surface area contributed by atoms with Crippen LogP contribution in [0.2, 0.25) is 5.02 Å². The molecule has 1 unspecified atom stereocenters. The number of rotatable bonds is 4. The Balaban J connectivity index is 3.21. The first-order valence-electron chi connectivity index (χ1n) is 7.13. The van der Waals surface area contributed by atoms with Crippen molar-refractivity contribution in [2.75, 3.05) is 5.32 Å². The first kappa shape index (κ1) is 19.3. The highest BCUT2D eigenvalue weighted by Crippen LogP contribution is 2.34. The number of hydrogen-bond acceptors (Lipinski definition) is 4. The Morgan fingerprint density at radius 3 is 2.30 bits per heavy atom. The second kappa shape index (κ2) is 6.76. The summed E-state index contributed by atoms with van der Waals surface area (Å²) < 4.78 is 5.22. The van der Waals surface area contributed by atoms with Gasteiger partial charge in [-0.3, -0.25) is 10.1 Å². The molecule has 0 spiro atoms. The molecule has 0 radical (unpaired) electrons. The lowest BCUT2D eigenvalue weighted by Crippen LogP contribution is -2.47. The predicted molar refractivity (Wildman–Crippen MR) is 89.9 cm³/mol. The minimum Gasteiger partial charge on any atom is -0.480 e. The molecule has 0 aliphatic rings. The molecular weight excluding hydrogens is 320 g/mol. The number of carboxylic acids is 1. The number of nitrogens with two attached hydrogens (primary N) is 1. The maximum absolute atomic E-state index is 12.0. The second-order valence-electron chi connectivity index (χ2n) is 6.85. The molecule has 6 nitrogen and oxygen atoms in total. The molecule has 0 bridgehead atoms. The molecule has 1 aromatic carbocycles. The van der Waals surface area contributed by atoms with Crippen molar-refractivity contribution in [2.45, 2.75) is 51.7 Å². The van der Waals surface area contributed by atoms with Crippen LogP contribution in [0.3, 0.4) is 0 Å². The fourth-order valence-corrected chi connectivity index (χ4v) is 2.22. The lowest BCUT2D eigenvalue weighted by molar-refractivity contribution is -0.140. The van der Waals surface area contributed by atoms with Gasteiger partial charge in [0, 0.05) is 16.1 Å². The number of carbonyl (C=O) groups excluding carboxylic acids is 1. The third-order valence-electron chi connectivity index (χ3n) is 3.35. The molecule has 1 aromatic rings. The van der Waals surface area contributed by atoms with Crippen molar-refractivity contribution >= 4 is 29.4 Å². The molecule has 1 amide bonds. The number of ether oxygens (including phenoxy) is 1. The van der Waals surface area contributed by atoms with Crippen LogP contribution in [-0.4, -0.2) is 28.8 Å².